The highest BCUT2D eigenvalue weighted by Gasteiger charge is 2.49. The van der Waals surface area contributed by atoms with Crippen molar-refractivity contribution in [2.24, 2.45) is 5.73 Å². The van der Waals surface area contributed by atoms with Gasteiger partial charge in [-0.3, -0.25) is 4.90 Å². The molecule has 0 saturated carbocycles. The van der Waals surface area contributed by atoms with E-state index < -0.39 is 12.0 Å². The molecule has 5 rings (SSSR count). The van der Waals surface area contributed by atoms with Crippen molar-refractivity contribution >= 4 is 28.3 Å². The maximum atomic E-state index is 14.8. The second-order valence-electron chi connectivity index (χ2n) is 8.67. The number of nitrogens with zero attached hydrogens (tertiary/aromatic N) is 5. The van der Waals surface area contributed by atoms with Crippen molar-refractivity contribution < 1.29 is 13.5 Å². The highest BCUT2D eigenvalue weighted by atomic mass is 35.5. The molecule has 0 aliphatic carbocycles. The van der Waals surface area contributed by atoms with Crippen LogP contribution < -0.4 is 15.4 Å². The van der Waals surface area contributed by atoms with Gasteiger partial charge in [0.2, 0.25) is 0 Å². The fourth-order valence-corrected chi connectivity index (χ4v) is 5.29. The number of rotatable bonds is 4. The Kier molecular flexibility index (Phi) is 5.15. The largest absolute Gasteiger partial charge is 0.461 e. The van der Waals surface area contributed by atoms with E-state index in [1.807, 2.05) is 4.90 Å². The van der Waals surface area contributed by atoms with Gasteiger partial charge in [0.25, 0.3) is 0 Å². The second kappa shape index (κ2) is 7.69. The summed E-state index contributed by atoms with van der Waals surface area (Å²) in [5, 5.41) is 0.230. The van der Waals surface area contributed by atoms with Crippen LogP contribution in [0.4, 0.5) is 14.6 Å². The van der Waals surface area contributed by atoms with E-state index in [0.717, 1.165) is 38.8 Å². The molecule has 10 heteroatoms. The summed E-state index contributed by atoms with van der Waals surface area (Å²) >= 11 is 5.90. The van der Waals surface area contributed by atoms with Gasteiger partial charge < -0.3 is 15.4 Å². The van der Waals surface area contributed by atoms with Crippen LogP contribution in [0.3, 0.4) is 0 Å². The minimum atomic E-state index is -0.848. The monoisotopic (exact) mass is 438 g/mol. The smallest absolute Gasteiger partial charge is 0.319 e. The van der Waals surface area contributed by atoms with Crippen LogP contribution in [0.25, 0.3) is 10.9 Å². The van der Waals surface area contributed by atoms with Gasteiger partial charge >= 0.3 is 6.01 Å². The molecule has 5 heterocycles. The van der Waals surface area contributed by atoms with Crippen molar-refractivity contribution in [3.05, 3.63) is 17.2 Å². The number of pyridine rings is 1. The summed E-state index contributed by atoms with van der Waals surface area (Å²) in [4.78, 5) is 17.0. The van der Waals surface area contributed by atoms with Crippen LogP contribution in [-0.2, 0) is 0 Å². The third kappa shape index (κ3) is 3.46. The summed E-state index contributed by atoms with van der Waals surface area (Å²) in [5.41, 5.74) is 5.88. The van der Waals surface area contributed by atoms with Crippen molar-refractivity contribution in [3.8, 4) is 6.01 Å². The first-order chi connectivity index (χ1) is 14.4. The first-order valence-electron chi connectivity index (χ1n) is 10.5. The number of halogens is 3. The summed E-state index contributed by atoms with van der Waals surface area (Å²) in [6, 6.07) is 0.0884. The Hall–Kier alpha value is -1.84. The molecule has 0 radical (unpaired) electrons. The highest BCUT2D eigenvalue weighted by molar-refractivity contribution is 6.30. The predicted octanol–water partition coefficient (Wildman–Crippen LogP) is 2.70. The lowest BCUT2D eigenvalue weighted by Crippen LogP contribution is -2.44. The zero-order valence-corrected chi connectivity index (χ0v) is 17.4. The molecule has 0 unspecified atom stereocenters. The number of hydrogen-bond donors (Lipinski definition) is 1. The van der Waals surface area contributed by atoms with E-state index in [2.05, 4.69) is 19.9 Å². The molecule has 3 aliphatic rings. The van der Waals surface area contributed by atoms with Gasteiger partial charge in [0.15, 0.2) is 11.0 Å². The van der Waals surface area contributed by atoms with Gasteiger partial charge in [-0.2, -0.15) is 9.97 Å². The second-order valence-corrected chi connectivity index (χ2v) is 9.03. The number of piperidine rings is 1. The van der Waals surface area contributed by atoms with Crippen molar-refractivity contribution in [2.75, 3.05) is 37.7 Å². The van der Waals surface area contributed by atoms with Gasteiger partial charge in [0.05, 0.1) is 10.9 Å². The number of anilines is 1. The Morgan fingerprint density at radius 3 is 2.97 bits per heavy atom. The zero-order chi connectivity index (χ0) is 20.9. The van der Waals surface area contributed by atoms with E-state index in [-0.39, 0.29) is 34.9 Å². The molecule has 7 nitrogen and oxygen atoms in total. The lowest BCUT2D eigenvalue weighted by molar-refractivity contribution is 0.107. The van der Waals surface area contributed by atoms with Gasteiger partial charge in [-0.25, -0.2) is 13.8 Å². The number of fused-ring (bicyclic) bond motifs is 2. The van der Waals surface area contributed by atoms with E-state index in [1.165, 1.54) is 6.20 Å². The lowest BCUT2D eigenvalue weighted by Gasteiger charge is -2.33. The van der Waals surface area contributed by atoms with Gasteiger partial charge in [-0.15, -0.1) is 0 Å². The van der Waals surface area contributed by atoms with Crippen molar-refractivity contribution in [3.63, 3.8) is 0 Å². The molecule has 0 amide bonds. The summed E-state index contributed by atoms with van der Waals surface area (Å²) in [5.74, 6) is -0.155. The Morgan fingerprint density at radius 1 is 1.27 bits per heavy atom. The van der Waals surface area contributed by atoms with E-state index in [9.17, 15) is 8.78 Å². The van der Waals surface area contributed by atoms with Gasteiger partial charge in [0.1, 0.15) is 24.1 Å². The van der Waals surface area contributed by atoms with Gasteiger partial charge in [-0.05, 0) is 32.2 Å². The third-order valence-corrected chi connectivity index (χ3v) is 6.85. The molecular formula is C20H25ClF2N6O. The minimum Gasteiger partial charge on any atom is -0.461 e. The van der Waals surface area contributed by atoms with E-state index >= 15 is 0 Å². The Labute approximate surface area is 178 Å². The Bertz CT molecular complexity index is 965. The highest BCUT2D eigenvalue weighted by Crippen LogP contribution is 2.40. The van der Waals surface area contributed by atoms with Crippen LogP contribution in [-0.4, -0.2) is 70.4 Å². The third-order valence-electron chi connectivity index (χ3n) is 6.59. The molecular weight excluding hydrogens is 414 g/mol. The van der Waals surface area contributed by atoms with E-state index in [4.69, 9.17) is 22.1 Å². The summed E-state index contributed by atoms with van der Waals surface area (Å²) in [6.45, 7) is 2.95. The average Bonchev–Trinajstić information content (AvgIpc) is 3.24. The Morgan fingerprint density at radius 2 is 2.13 bits per heavy atom. The summed E-state index contributed by atoms with van der Waals surface area (Å²) < 4.78 is 34.8. The molecule has 2 N–H and O–H groups in total. The molecule has 0 bridgehead atoms. The average molecular weight is 439 g/mol. The van der Waals surface area contributed by atoms with Crippen LogP contribution in [0.2, 0.25) is 5.15 Å². The van der Waals surface area contributed by atoms with Crippen LogP contribution >= 0.6 is 11.6 Å². The van der Waals surface area contributed by atoms with E-state index in [1.54, 1.807) is 0 Å². The maximum absolute atomic E-state index is 14.8. The van der Waals surface area contributed by atoms with Gasteiger partial charge in [0, 0.05) is 38.3 Å². The normalized spacial score (nSPS) is 29.5. The summed E-state index contributed by atoms with van der Waals surface area (Å²) in [7, 11) is 0. The minimum absolute atomic E-state index is 0.0177. The van der Waals surface area contributed by atoms with Crippen LogP contribution in [0, 0.1) is 5.82 Å². The molecule has 2 aromatic heterocycles. The first-order valence-corrected chi connectivity index (χ1v) is 10.9. The number of nitrogens with two attached hydrogens (primary N) is 1. The number of ether oxygens (including phenoxy) is 1. The zero-order valence-electron chi connectivity index (χ0n) is 16.7. The van der Waals surface area contributed by atoms with Gasteiger partial charge in [-0.1, -0.05) is 11.6 Å². The number of aromatic nitrogens is 3. The SMILES string of the molecule is N[C@@H]1CCCN(c2nc(OC[C@@]34CCCN3C[C@H](F)C4)nc3c(F)c(Cl)ncc23)C1. The van der Waals surface area contributed by atoms with Crippen molar-refractivity contribution in [1.29, 1.82) is 0 Å². The summed E-state index contributed by atoms with van der Waals surface area (Å²) in [6.07, 6.45) is 4.83. The topological polar surface area (TPSA) is 80.4 Å². The molecule has 3 aliphatic heterocycles. The standard InChI is InChI=1S/C20H25ClF2N6O/c21-17-15(23)16-14(8-25-17)18(28-5-1-3-13(24)10-28)27-19(26-16)30-11-20-4-2-6-29(20)9-12(22)7-20/h8,12-13H,1-7,9-11,24H2/t12-,13-,20+/m1/s1. The molecule has 0 spiro atoms. The van der Waals surface area contributed by atoms with Crippen molar-refractivity contribution in [2.45, 2.75) is 49.9 Å². The molecule has 3 fully saturated rings. The lowest BCUT2D eigenvalue weighted by atomic mass is 9.95. The first kappa shape index (κ1) is 20.1. The fraction of sp³-hybridized carbons (Fsp3) is 0.650. The van der Waals surface area contributed by atoms with Crippen LogP contribution in [0.1, 0.15) is 32.1 Å². The quantitative estimate of drug-likeness (QED) is 0.735. The maximum Gasteiger partial charge on any atom is 0.319 e. The fourth-order valence-electron chi connectivity index (χ4n) is 5.15. The molecule has 3 saturated heterocycles. The van der Waals surface area contributed by atoms with E-state index in [0.29, 0.717) is 30.7 Å². The number of hydrogen-bond acceptors (Lipinski definition) is 7. The molecule has 162 valence electrons. The molecule has 30 heavy (non-hydrogen) atoms. The predicted molar refractivity (Wildman–Crippen MR) is 110 cm³/mol. The Balaban J connectivity index is 1.50. The van der Waals surface area contributed by atoms with Crippen molar-refractivity contribution in [1.82, 2.24) is 19.9 Å². The van der Waals surface area contributed by atoms with Crippen LogP contribution in [0.5, 0.6) is 6.01 Å². The molecule has 2 aromatic rings. The molecule has 0 aromatic carbocycles. The number of alkyl halides is 1. The van der Waals surface area contributed by atoms with Crippen LogP contribution in [0.15, 0.2) is 6.20 Å². The molecule has 3 atom stereocenters.